The summed E-state index contributed by atoms with van der Waals surface area (Å²) in [4.78, 5) is 27.1. The minimum atomic E-state index is -0.755. The van der Waals surface area contributed by atoms with E-state index in [1.165, 1.54) is 19.1 Å². The quantitative estimate of drug-likeness (QED) is 0.715. The number of rotatable bonds is 8. The average molecular weight is 411 g/mol. The Labute approximate surface area is 175 Å². The summed E-state index contributed by atoms with van der Waals surface area (Å²) < 4.78 is 16.1. The minimum absolute atomic E-state index is 0.0876. The molecule has 1 N–H and O–H groups in total. The van der Waals surface area contributed by atoms with Gasteiger partial charge in [-0.25, -0.2) is 0 Å². The molecule has 7 heteroatoms. The third-order valence-corrected chi connectivity index (χ3v) is 5.18. The second-order valence-electron chi connectivity index (χ2n) is 6.80. The van der Waals surface area contributed by atoms with Crippen LogP contribution >= 0.6 is 0 Å². The fourth-order valence-corrected chi connectivity index (χ4v) is 3.68. The SMILES string of the molecule is CCC(=O)C1=C(O)C(=O)N(Cc2ccccc2OC)C1c1ccc(OC)c(OC)c1. The molecule has 1 atom stereocenters. The lowest BCUT2D eigenvalue weighted by Gasteiger charge is -2.28. The van der Waals surface area contributed by atoms with Crippen LogP contribution in [0.1, 0.15) is 30.5 Å². The topological polar surface area (TPSA) is 85.3 Å². The lowest BCUT2D eigenvalue weighted by molar-refractivity contribution is -0.130. The molecule has 1 heterocycles. The maximum Gasteiger partial charge on any atom is 0.290 e. The zero-order valence-corrected chi connectivity index (χ0v) is 17.5. The van der Waals surface area contributed by atoms with E-state index in [4.69, 9.17) is 14.2 Å². The van der Waals surface area contributed by atoms with E-state index in [1.807, 2.05) is 18.2 Å². The van der Waals surface area contributed by atoms with Crippen LogP contribution in [0, 0.1) is 0 Å². The van der Waals surface area contributed by atoms with Gasteiger partial charge in [-0.05, 0) is 23.8 Å². The summed E-state index contributed by atoms with van der Waals surface area (Å²) in [5.74, 6) is 0.205. The number of carbonyl (C=O) groups is 2. The van der Waals surface area contributed by atoms with E-state index in [2.05, 4.69) is 0 Å². The molecular weight excluding hydrogens is 386 g/mol. The summed E-state index contributed by atoms with van der Waals surface area (Å²) in [6, 6.07) is 11.8. The van der Waals surface area contributed by atoms with Crippen molar-refractivity contribution in [3.8, 4) is 17.2 Å². The van der Waals surface area contributed by atoms with E-state index >= 15 is 0 Å². The van der Waals surface area contributed by atoms with E-state index in [0.29, 0.717) is 22.8 Å². The number of aliphatic hydroxyl groups excluding tert-OH is 1. The molecule has 0 aliphatic carbocycles. The minimum Gasteiger partial charge on any atom is -0.503 e. The van der Waals surface area contributed by atoms with E-state index in [-0.39, 0.29) is 24.3 Å². The average Bonchev–Trinajstić information content (AvgIpc) is 3.03. The van der Waals surface area contributed by atoms with Gasteiger partial charge in [-0.1, -0.05) is 31.2 Å². The number of benzene rings is 2. The first kappa shape index (κ1) is 21.2. The first-order valence-electron chi connectivity index (χ1n) is 9.57. The third-order valence-electron chi connectivity index (χ3n) is 5.18. The number of methoxy groups -OCH3 is 3. The Morgan fingerprint density at radius 1 is 1.00 bits per heavy atom. The summed E-state index contributed by atoms with van der Waals surface area (Å²) in [5, 5.41) is 10.6. The number of hydrogen-bond donors (Lipinski definition) is 1. The van der Waals surface area contributed by atoms with Gasteiger partial charge in [0, 0.05) is 12.0 Å². The number of carbonyl (C=O) groups excluding carboxylic acids is 2. The van der Waals surface area contributed by atoms with Crippen molar-refractivity contribution in [3.05, 3.63) is 64.9 Å². The van der Waals surface area contributed by atoms with Gasteiger partial charge >= 0.3 is 0 Å². The number of para-hydroxylation sites is 1. The van der Waals surface area contributed by atoms with Crippen molar-refractivity contribution in [2.75, 3.05) is 21.3 Å². The molecule has 30 heavy (non-hydrogen) atoms. The molecule has 0 saturated carbocycles. The second kappa shape index (κ2) is 8.90. The lowest BCUT2D eigenvalue weighted by atomic mass is 9.94. The van der Waals surface area contributed by atoms with Gasteiger partial charge in [0.25, 0.3) is 5.91 Å². The predicted molar refractivity (Wildman–Crippen MR) is 111 cm³/mol. The van der Waals surface area contributed by atoms with Crippen LogP contribution in [-0.2, 0) is 16.1 Å². The molecule has 0 aromatic heterocycles. The zero-order chi connectivity index (χ0) is 21.8. The molecule has 3 rings (SSSR count). The van der Waals surface area contributed by atoms with Crippen LogP contribution in [0.3, 0.4) is 0 Å². The number of amides is 1. The number of nitrogens with zero attached hydrogens (tertiary/aromatic N) is 1. The number of ketones is 1. The smallest absolute Gasteiger partial charge is 0.290 e. The third kappa shape index (κ3) is 3.70. The van der Waals surface area contributed by atoms with Crippen molar-refractivity contribution in [1.29, 1.82) is 0 Å². The summed E-state index contributed by atoms with van der Waals surface area (Å²) >= 11 is 0. The lowest BCUT2D eigenvalue weighted by Crippen LogP contribution is -2.30. The Bertz CT molecular complexity index is 997. The molecule has 2 aromatic rings. The molecule has 0 bridgehead atoms. The van der Waals surface area contributed by atoms with Crippen molar-refractivity contribution < 1.29 is 28.9 Å². The predicted octanol–water partition coefficient (Wildman–Crippen LogP) is 3.59. The molecule has 2 aromatic carbocycles. The molecule has 7 nitrogen and oxygen atoms in total. The first-order valence-corrected chi connectivity index (χ1v) is 9.57. The van der Waals surface area contributed by atoms with Crippen LogP contribution in [0.25, 0.3) is 0 Å². The second-order valence-corrected chi connectivity index (χ2v) is 6.80. The summed E-state index contributed by atoms with van der Waals surface area (Å²) in [6.07, 6.45) is 0.166. The summed E-state index contributed by atoms with van der Waals surface area (Å²) in [6.45, 7) is 1.86. The van der Waals surface area contributed by atoms with E-state index in [1.54, 1.807) is 38.3 Å². The van der Waals surface area contributed by atoms with Crippen molar-refractivity contribution in [2.45, 2.75) is 25.9 Å². The van der Waals surface area contributed by atoms with E-state index in [0.717, 1.165) is 5.56 Å². The number of Topliss-reactive ketones (excluding diaryl/α,β-unsaturated/α-hetero) is 1. The van der Waals surface area contributed by atoms with Crippen LogP contribution < -0.4 is 14.2 Å². The van der Waals surface area contributed by atoms with Gasteiger partial charge in [0.1, 0.15) is 5.75 Å². The Kier molecular flexibility index (Phi) is 6.30. The van der Waals surface area contributed by atoms with Gasteiger partial charge in [0.05, 0.1) is 39.5 Å². The van der Waals surface area contributed by atoms with Gasteiger partial charge < -0.3 is 24.2 Å². The zero-order valence-electron chi connectivity index (χ0n) is 17.5. The van der Waals surface area contributed by atoms with Crippen molar-refractivity contribution >= 4 is 11.7 Å². The molecule has 0 radical (unpaired) electrons. The highest BCUT2D eigenvalue weighted by molar-refractivity contribution is 6.08. The maximum absolute atomic E-state index is 13.0. The molecular formula is C23H25NO6. The van der Waals surface area contributed by atoms with Gasteiger partial charge in [0.15, 0.2) is 23.0 Å². The molecule has 1 amide bonds. The van der Waals surface area contributed by atoms with Crippen LogP contribution in [0.15, 0.2) is 53.8 Å². The fourth-order valence-electron chi connectivity index (χ4n) is 3.68. The van der Waals surface area contributed by atoms with Crippen molar-refractivity contribution in [2.24, 2.45) is 0 Å². The normalized spacial score (nSPS) is 16.1. The molecule has 0 fully saturated rings. The highest BCUT2D eigenvalue weighted by Crippen LogP contribution is 2.42. The summed E-state index contributed by atoms with van der Waals surface area (Å²) in [7, 11) is 4.60. The van der Waals surface area contributed by atoms with Crippen LogP contribution in [-0.4, -0.2) is 43.0 Å². The molecule has 1 aliphatic rings. The van der Waals surface area contributed by atoms with E-state index in [9.17, 15) is 14.7 Å². The Morgan fingerprint density at radius 2 is 1.67 bits per heavy atom. The first-order chi connectivity index (χ1) is 14.5. The summed E-state index contributed by atoms with van der Waals surface area (Å²) in [5.41, 5.74) is 1.48. The standard InChI is InChI=1S/C23H25NO6/c1-5-16(25)20-21(14-10-11-18(29-3)19(12-14)30-4)24(23(27)22(20)26)13-15-8-6-7-9-17(15)28-2/h6-12,21,26H,5,13H2,1-4H3. The van der Waals surface area contributed by atoms with Gasteiger partial charge in [-0.2, -0.15) is 0 Å². The molecule has 1 aliphatic heterocycles. The van der Waals surface area contributed by atoms with Crippen molar-refractivity contribution in [3.63, 3.8) is 0 Å². The maximum atomic E-state index is 13.0. The highest BCUT2D eigenvalue weighted by Gasteiger charge is 2.43. The van der Waals surface area contributed by atoms with Crippen LogP contribution in [0.2, 0.25) is 0 Å². The number of aliphatic hydroxyl groups is 1. The van der Waals surface area contributed by atoms with Crippen LogP contribution in [0.4, 0.5) is 0 Å². The number of hydrogen-bond acceptors (Lipinski definition) is 6. The largest absolute Gasteiger partial charge is 0.503 e. The van der Waals surface area contributed by atoms with Gasteiger partial charge in [0.2, 0.25) is 0 Å². The molecule has 0 saturated heterocycles. The van der Waals surface area contributed by atoms with Gasteiger partial charge in [-0.15, -0.1) is 0 Å². The Hall–Kier alpha value is -3.48. The highest BCUT2D eigenvalue weighted by atomic mass is 16.5. The number of ether oxygens (including phenoxy) is 3. The molecule has 0 spiro atoms. The Balaban J connectivity index is 2.12. The fraction of sp³-hybridized carbons (Fsp3) is 0.304. The monoisotopic (exact) mass is 411 g/mol. The van der Waals surface area contributed by atoms with Crippen LogP contribution in [0.5, 0.6) is 17.2 Å². The van der Waals surface area contributed by atoms with E-state index < -0.39 is 17.7 Å². The molecule has 1 unspecified atom stereocenters. The molecule has 158 valence electrons. The van der Waals surface area contributed by atoms with Gasteiger partial charge in [-0.3, -0.25) is 9.59 Å². The Morgan fingerprint density at radius 3 is 2.30 bits per heavy atom. The van der Waals surface area contributed by atoms with Crippen molar-refractivity contribution in [1.82, 2.24) is 4.90 Å².